The maximum atomic E-state index is 12.5. The first-order chi connectivity index (χ1) is 14.1. The lowest BCUT2D eigenvalue weighted by atomic mass is 10.0. The Kier molecular flexibility index (Phi) is 5.37. The highest BCUT2D eigenvalue weighted by atomic mass is 32.1. The van der Waals surface area contributed by atoms with Crippen LogP contribution in [0, 0.1) is 6.92 Å². The Hall–Kier alpha value is -3.10. The molecule has 0 N–H and O–H groups in total. The van der Waals surface area contributed by atoms with Crippen molar-refractivity contribution < 1.29 is 19.1 Å². The normalized spacial score (nSPS) is 10.8. The van der Waals surface area contributed by atoms with Crippen LogP contribution in [0.5, 0.6) is 0 Å². The van der Waals surface area contributed by atoms with E-state index >= 15 is 0 Å². The van der Waals surface area contributed by atoms with Crippen molar-refractivity contribution in [1.29, 1.82) is 0 Å². The molecule has 0 aliphatic carbocycles. The van der Waals surface area contributed by atoms with E-state index in [-0.39, 0.29) is 12.3 Å². The number of carbonyl (C=O) groups excluding carboxylic acids is 2. The number of methoxy groups -OCH3 is 1. The number of hydrogen-bond donors (Lipinski definition) is 0. The van der Waals surface area contributed by atoms with Gasteiger partial charge in [0.2, 0.25) is 0 Å². The molecule has 0 saturated heterocycles. The summed E-state index contributed by atoms with van der Waals surface area (Å²) in [5.41, 5.74) is 3.33. The van der Waals surface area contributed by atoms with E-state index in [0.29, 0.717) is 11.3 Å². The molecule has 0 unspecified atom stereocenters. The average Bonchev–Trinajstić information content (AvgIpc) is 3.43. The van der Waals surface area contributed by atoms with E-state index in [2.05, 4.69) is 9.97 Å². The first-order valence-electron chi connectivity index (χ1n) is 8.70. The topological polar surface area (TPSA) is 78.4 Å². The summed E-state index contributed by atoms with van der Waals surface area (Å²) in [4.78, 5) is 33.7. The molecule has 0 spiro atoms. The fraction of sp³-hybridized carbons (Fsp3) is 0.143. The highest BCUT2D eigenvalue weighted by Crippen LogP contribution is 2.27. The molecule has 0 atom stereocenters. The van der Waals surface area contributed by atoms with E-state index in [1.165, 1.54) is 18.4 Å². The van der Waals surface area contributed by atoms with Crippen LogP contribution in [-0.2, 0) is 16.1 Å². The van der Waals surface area contributed by atoms with Gasteiger partial charge < -0.3 is 9.47 Å². The van der Waals surface area contributed by atoms with Gasteiger partial charge in [0.05, 0.1) is 23.9 Å². The van der Waals surface area contributed by atoms with Crippen LogP contribution >= 0.6 is 22.7 Å². The number of aromatic nitrogens is 2. The minimum atomic E-state index is -0.564. The number of para-hydroxylation sites is 1. The second-order valence-corrected chi connectivity index (χ2v) is 7.83. The molecule has 4 rings (SSSR count). The van der Waals surface area contributed by atoms with E-state index < -0.39 is 11.9 Å². The van der Waals surface area contributed by atoms with Gasteiger partial charge in [0.25, 0.3) is 0 Å². The quantitative estimate of drug-likeness (QED) is 0.425. The smallest absolute Gasteiger partial charge is 0.358 e. The van der Waals surface area contributed by atoms with Crippen molar-refractivity contribution in [3.63, 3.8) is 0 Å². The van der Waals surface area contributed by atoms with Crippen molar-refractivity contribution in [2.45, 2.75) is 13.5 Å². The third-order valence-corrected chi connectivity index (χ3v) is 6.01. The Labute approximate surface area is 174 Å². The van der Waals surface area contributed by atoms with E-state index in [0.717, 1.165) is 27.0 Å². The molecular formula is C21H16N2O4S2. The summed E-state index contributed by atoms with van der Waals surface area (Å²) < 4.78 is 10.3. The monoisotopic (exact) mass is 424 g/mol. The van der Waals surface area contributed by atoms with Gasteiger partial charge in [-0.05, 0) is 30.0 Å². The molecule has 3 heterocycles. The van der Waals surface area contributed by atoms with Crippen LogP contribution in [0.15, 0.2) is 46.5 Å². The zero-order valence-corrected chi connectivity index (χ0v) is 17.3. The van der Waals surface area contributed by atoms with Gasteiger partial charge in [0.15, 0.2) is 5.69 Å². The van der Waals surface area contributed by atoms with Crippen molar-refractivity contribution >= 4 is 45.5 Å². The fourth-order valence-electron chi connectivity index (χ4n) is 3.01. The standard InChI is InChI=1S/C21H16N2O4S2/c1-12-14-5-3-4-6-15(14)22-16(18(12)21(25)26-2)9-27-20(24)17-11-29-19(23-17)13-7-8-28-10-13/h3-8,10-11H,9H2,1-2H3. The number of carbonyl (C=O) groups is 2. The summed E-state index contributed by atoms with van der Waals surface area (Å²) in [6.07, 6.45) is 0. The number of pyridine rings is 1. The van der Waals surface area contributed by atoms with Gasteiger partial charge >= 0.3 is 11.9 Å². The molecule has 0 fully saturated rings. The minimum Gasteiger partial charge on any atom is -0.465 e. The Balaban J connectivity index is 1.60. The van der Waals surface area contributed by atoms with E-state index in [9.17, 15) is 9.59 Å². The van der Waals surface area contributed by atoms with Gasteiger partial charge in [-0.1, -0.05) is 18.2 Å². The number of benzene rings is 1. The van der Waals surface area contributed by atoms with Gasteiger partial charge in [-0.3, -0.25) is 0 Å². The third-order valence-electron chi connectivity index (χ3n) is 4.44. The van der Waals surface area contributed by atoms with Crippen molar-refractivity contribution in [1.82, 2.24) is 9.97 Å². The predicted octanol–water partition coefficient (Wildman–Crippen LogP) is 4.87. The van der Waals surface area contributed by atoms with Crippen LogP contribution < -0.4 is 0 Å². The lowest BCUT2D eigenvalue weighted by Gasteiger charge is -2.13. The molecule has 1 aromatic carbocycles. The number of esters is 2. The zero-order valence-electron chi connectivity index (χ0n) is 15.7. The van der Waals surface area contributed by atoms with Crippen LogP contribution in [0.2, 0.25) is 0 Å². The predicted molar refractivity (Wildman–Crippen MR) is 112 cm³/mol. The number of aryl methyl sites for hydroxylation is 1. The first kappa shape index (κ1) is 19.2. The molecule has 8 heteroatoms. The fourth-order valence-corrected chi connectivity index (χ4v) is 4.51. The molecular weight excluding hydrogens is 408 g/mol. The highest BCUT2D eigenvalue weighted by Gasteiger charge is 2.21. The van der Waals surface area contributed by atoms with Crippen LogP contribution in [-0.4, -0.2) is 29.0 Å². The molecule has 29 heavy (non-hydrogen) atoms. The van der Waals surface area contributed by atoms with Crippen LogP contribution in [0.25, 0.3) is 21.5 Å². The lowest BCUT2D eigenvalue weighted by molar-refractivity contribution is 0.0450. The molecule has 4 aromatic rings. The largest absolute Gasteiger partial charge is 0.465 e. The Morgan fingerprint density at radius 1 is 1.07 bits per heavy atom. The zero-order chi connectivity index (χ0) is 20.4. The number of ether oxygens (including phenoxy) is 2. The van der Waals surface area contributed by atoms with Gasteiger partial charge in [-0.15, -0.1) is 11.3 Å². The number of fused-ring (bicyclic) bond motifs is 1. The van der Waals surface area contributed by atoms with Crippen molar-refractivity contribution in [3.8, 4) is 10.6 Å². The van der Waals surface area contributed by atoms with Crippen LogP contribution in [0.1, 0.15) is 32.1 Å². The Morgan fingerprint density at radius 2 is 1.90 bits per heavy atom. The van der Waals surface area contributed by atoms with Gasteiger partial charge in [-0.25, -0.2) is 19.6 Å². The Bertz CT molecular complexity index is 1200. The molecule has 6 nitrogen and oxygen atoms in total. The van der Waals surface area contributed by atoms with Gasteiger partial charge in [0, 0.05) is 21.7 Å². The summed E-state index contributed by atoms with van der Waals surface area (Å²) in [5, 5.41) is 7.20. The summed E-state index contributed by atoms with van der Waals surface area (Å²) in [5.74, 6) is -1.08. The number of nitrogens with zero attached hydrogens (tertiary/aromatic N) is 2. The van der Waals surface area contributed by atoms with E-state index in [1.807, 2.05) is 48.0 Å². The molecule has 0 radical (unpaired) electrons. The molecule has 146 valence electrons. The molecule has 0 bridgehead atoms. The summed E-state index contributed by atoms with van der Waals surface area (Å²) >= 11 is 2.94. The molecule has 0 aliphatic rings. The number of hydrogen-bond acceptors (Lipinski definition) is 8. The second-order valence-electron chi connectivity index (χ2n) is 6.19. The summed E-state index contributed by atoms with van der Waals surface area (Å²) in [6, 6.07) is 9.43. The summed E-state index contributed by atoms with van der Waals surface area (Å²) in [6.45, 7) is 1.68. The minimum absolute atomic E-state index is 0.153. The van der Waals surface area contributed by atoms with Crippen molar-refractivity contribution in [2.75, 3.05) is 7.11 Å². The van der Waals surface area contributed by atoms with Crippen molar-refractivity contribution in [3.05, 3.63) is 69.0 Å². The Morgan fingerprint density at radius 3 is 2.66 bits per heavy atom. The van der Waals surface area contributed by atoms with E-state index in [1.54, 1.807) is 16.7 Å². The number of thiazole rings is 1. The van der Waals surface area contributed by atoms with Crippen molar-refractivity contribution in [2.24, 2.45) is 0 Å². The van der Waals surface area contributed by atoms with Gasteiger partial charge in [-0.2, -0.15) is 11.3 Å². The SMILES string of the molecule is COC(=O)c1c(COC(=O)c2csc(-c3ccsc3)n2)nc2ccccc2c1C. The molecule has 0 amide bonds. The second kappa shape index (κ2) is 8.10. The maximum absolute atomic E-state index is 12.5. The van der Waals surface area contributed by atoms with Crippen LogP contribution in [0.3, 0.4) is 0 Å². The molecule has 0 aliphatic heterocycles. The molecule has 0 saturated carbocycles. The number of rotatable bonds is 5. The van der Waals surface area contributed by atoms with Gasteiger partial charge in [0.1, 0.15) is 11.6 Å². The first-order valence-corrected chi connectivity index (χ1v) is 10.5. The van der Waals surface area contributed by atoms with E-state index in [4.69, 9.17) is 9.47 Å². The van der Waals surface area contributed by atoms with Crippen LogP contribution in [0.4, 0.5) is 0 Å². The average molecular weight is 425 g/mol. The highest BCUT2D eigenvalue weighted by molar-refractivity contribution is 7.14. The summed E-state index contributed by atoms with van der Waals surface area (Å²) in [7, 11) is 1.31. The molecule has 3 aromatic heterocycles. The lowest BCUT2D eigenvalue weighted by Crippen LogP contribution is -2.14. The number of thiophene rings is 1. The third kappa shape index (κ3) is 3.76. The maximum Gasteiger partial charge on any atom is 0.358 e.